The fraction of sp³-hybridized carbons (Fsp3) is 0.600. The van der Waals surface area contributed by atoms with E-state index < -0.39 is 0 Å². The second-order valence-electron chi connectivity index (χ2n) is 4.28. The fourth-order valence-corrected chi connectivity index (χ4v) is 2.76. The van der Waals surface area contributed by atoms with E-state index in [-0.39, 0.29) is 0 Å². The molecule has 5 nitrogen and oxygen atoms in total. The summed E-state index contributed by atoms with van der Waals surface area (Å²) in [6.07, 6.45) is 5.49. The summed E-state index contributed by atoms with van der Waals surface area (Å²) in [5.74, 6) is 0.672. The molecule has 0 saturated carbocycles. The third-order valence-electron chi connectivity index (χ3n) is 2.34. The first-order valence-corrected chi connectivity index (χ1v) is 6.23. The highest BCUT2D eigenvalue weighted by Crippen LogP contribution is 2.17. The van der Waals surface area contributed by atoms with Gasteiger partial charge in [-0.3, -0.25) is 4.98 Å². The molecule has 0 aliphatic carbocycles. The molecular weight excluding hydrogens is 270 g/mol. The number of fused-ring (bicyclic) bond motifs is 1. The molecule has 0 N–H and O–H groups in total. The quantitative estimate of drug-likeness (QED) is 0.804. The molecule has 0 amide bonds. The van der Waals surface area contributed by atoms with Gasteiger partial charge in [0.25, 0.3) is 0 Å². The van der Waals surface area contributed by atoms with E-state index in [9.17, 15) is 0 Å². The molecule has 2 rings (SSSR count). The van der Waals surface area contributed by atoms with Crippen LogP contribution in [0.3, 0.4) is 0 Å². The second-order valence-corrected chi connectivity index (χ2v) is 5.57. The average Bonchev–Trinajstić information content (AvgIpc) is 2.65. The Morgan fingerprint density at radius 1 is 1.38 bits per heavy atom. The van der Waals surface area contributed by atoms with E-state index in [1.807, 2.05) is 6.20 Å². The maximum atomic E-state index is 4.13. The van der Waals surface area contributed by atoms with Gasteiger partial charge in [-0.2, -0.15) is 4.52 Å². The molecule has 2 heterocycles. The number of hydrogen-bond acceptors (Lipinski definition) is 4. The first-order valence-electron chi connectivity index (χ1n) is 5.32. The van der Waals surface area contributed by atoms with E-state index >= 15 is 0 Å². The largest absolute Gasteiger partial charge is 0.259 e. The minimum atomic E-state index is 0.434. The van der Waals surface area contributed by atoms with Crippen molar-refractivity contribution in [2.45, 2.75) is 31.5 Å². The average molecular weight is 284 g/mol. The molecule has 0 aliphatic heterocycles. The van der Waals surface area contributed by atoms with Crippen LogP contribution < -0.4 is 0 Å². The van der Waals surface area contributed by atoms with Crippen molar-refractivity contribution in [1.29, 1.82) is 0 Å². The zero-order valence-corrected chi connectivity index (χ0v) is 10.9. The van der Waals surface area contributed by atoms with Crippen molar-refractivity contribution in [1.82, 2.24) is 25.0 Å². The Morgan fingerprint density at radius 2 is 2.19 bits per heavy atom. The number of tetrazole rings is 1. The third kappa shape index (κ3) is 2.55. The van der Waals surface area contributed by atoms with Crippen LogP contribution in [0.1, 0.15) is 26.0 Å². The summed E-state index contributed by atoms with van der Waals surface area (Å²) in [6.45, 7) is 4.42. The SMILES string of the molecule is CC(C)CC(Br)Cc1cncc2nnnn12. The van der Waals surface area contributed by atoms with Crippen LogP contribution in [-0.2, 0) is 6.42 Å². The van der Waals surface area contributed by atoms with Crippen molar-refractivity contribution in [3.8, 4) is 0 Å². The van der Waals surface area contributed by atoms with Crippen molar-refractivity contribution < 1.29 is 0 Å². The number of rotatable bonds is 4. The zero-order valence-electron chi connectivity index (χ0n) is 9.34. The molecule has 1 atom stereocenters. The van der Waals surface area contributed by atoms with Gasteiger partial charge < -0.3 is 0 Å². The lowest BCUT2D eigenvalue weighted by molar-refractivity contribution is 0.564. The Kier molecular flexibility index (Phi) is 3.48. The molecule has 86 valence electrons. The van der Waals surface area contributed by atoms with Gasteiger partial charge in [-0.25, -0.2) is 0 Å². The van der Waals surface area contributed by atoms with Crippen molar-refractivity contribution in [3.63, 3.8) is 0 Å². The second kappa shape index (κ2) is 4.86. The van der Waals surface area contributed by atoms with E-state index in [0.29, 0.717) is 16.4 Å². The van der Waals surface area contributed by atoms with Crippen LogP contribution in [0.2, 0.25) is 0 Å². The van der Waals surface area contributed by atoms with E-state index in [1.165, 1.54) is 0 Å². The molecule has 16 heavy (non-hydrogen) atoms. The van der Waals surface area contributed by atoms with E-state index in [2.05, 4.69) is 50.3 Å². The molecule has 0 aliphatic rings. The Balaban J connectivity index is 2.17. The molecule has 0 aromatic carbocycles. The zero-order chi connectivity index (χ0) is 11.5. The predicted octanol–water partition coefficient (Wildman–Crippen LogP) is 1.87. The molecule has 0 spiro atoms. The molecule has 0 bridgehead atoms. The molecule has 0 radical (unpaired) electrons. The fourth-order valence-electron chi connectivity index (χ4n) is 1.68. The minimum absolute atomic E-state index is 0.434. The number of alkyl halides is 1. The van der Waals surface area contributed by atoms with Gasteiger partial charge in [0, 0.05) is 17.4 Å². The molecule has 2 aromatic heterocycles. The summed E-state index contributed by atoms with van der Waals surface area (Å²) in [6, 6.07) is 0. The summed E-state index contributed by atoms with van der Waals surface area (Å²) in [5, 5.41) is 11.5. The Bertz CT molecular complexity index is 467. The van der Waals surface area contributed by atoms with Crippen molar-refractivity contribution in [2.75, 3.05) is 0 Å². The van der Waals surface area contributed by atoms with Crippen LogP contribution in [-0.4, -0.2) is 29.9 Å². The van der Waals surface area contributed by atoms with Gasteiger partial charge in [0.15, 0.2) is 5.65 Å². The molecule has 1 unspecified atom stereocenters. The number of aromatic nitrogens is 5. The van der Waals surface area contributed by atoms with Gasteiger partial charge in [0.1, 0.15) is 0 Å². The van der Waals surface area contributed by atoms with E-state index in [4.69, 9.17) is 0 Å². The van der Waals surface area contributed by atoms with Gasteiger partial charge in [-0.1, -0.05) is 29.8 Å². The molecule has 6 heteroatoms. The van der Waals surface area contributed by atoms with Crippen LogP contribution in [0.25, 0.3) is 5.65 Å². The number of nitrogens with zero attached hydrogens (tertiary/aromatic N) is 5. The third-order valence-corrected chi connectivity index (χ3v) is 3.03. The molecule has 0 saturated heterocycles. The van der Waals surface area contributed by atoms with Gasteiger partial charge in [-0.05, 0) is 22.8 Å². The standard InChI is InChI=1S/C10H14BrN5/c1-7(2)3-8(11)4-9-5-12-6-10-13-14-15-16(9)10/h5-8H,3-4H2,1-2H3. The lowest BCUT2D eigenvalue weighted by Crippen LogP contribution is -2.10. The summed E-state index contributed by atoms with van der Waals surface area (Å²) < 4.78 is 1.74. The normalized spacial score (nSPS) is 13.5. The van der Waals surface area contributed by atoms with Gasteiger partial charge in [-0.15, -0.1) is 5.10 Å². The summed E-state index contributed by atoms with van der Waals surface area (Å²) in [4.78, 5) is 4.57. The van der Waals surface area contributed by atoms with Crippen LogP contribution >= 0.6 is 15.9 Å². The highest BCUT2D eigenvalue weighted by molar-refractivity contribution is 9.09. The molecule has 0 fully saturated rings. The first-order chi connectivity index (χ1) is 7.66. The van der Waals surface area contributed by atoms with Crippen molar-refractivity contribution in [2.24, 2.45) is 5.92 Å². The predicted molar refractivity (Wildman–Crippen MR) is 64.5 cm³/mol. The van der Waals surface area contributed by atoms with Crippen LogP contribution in [0.5, 0.6) is 0 Å². The summed E-state index contributed by atoms with van der Waals surface area (Å²) >= 11 is 3.68. The van der Waals surface area contributed by atoms with E-state index in [0.717, 1.165) is 18.5 Å². The molecular formula is C10H14BrN5. The number of hydrogen-bond donors (Lipinski definition) is 0. The van der Waals surface area contributed by atoms with Crippen LogP contribution in [0, 0.1) is 5.92 Å². The highest BCUT2D eigenvalue weighted by atomic mass is 79.9. The minimum Gasteiger partial charge on any atom is -0.259 e. The first kappa shape index (κ1) is 11.4. The molecule has 2 aromatic rings. The Morgan fingerprint density at radius 3 is 2.94 bits per heavy atom. The van der Waals surface area contributed by atoms with Crippen LogP contribution in [0.15, 0.2) is 12.4 Å². The van der Waals surface area contributed by atoms with Crippen LogP contribution in [0.4, 0.5) is 0 Å². The number of halogens is 1. The monoisotopic (exact) mass is 283 g/mol. The van der Waals surface area contributed by atoms with Crippen molar-refractivity contribution in [3.05, 3.63) is 18.1 Å². The Hall–Kier alpha value is -1.04. The lowest BCUT2D eigenvalue weighted by atomic mass is 10.1. The van der Waals surface area contributed by atoms with Crippen molar-refractivity contribution >= 4 is 21.6 Å². The Labute approximate surface area is 102 Å². The van der Waals surface area contributed by atoms with E-state index in [1.54, 1.807) is 10.7 Å². The topological polar surface area (TPSA) is 56.0 Å². The smallest absolute Gasteiger partial charge is 0.197 e. The summed E-state index contributed by atoms with van der Waals surface area (Å²) in [5.41, 5.74) is 1.73. The summed E-state index contributed by atoms with van der Waals surface area (Å²) in [7, 11) is 0. The van der Waals surface area contributed by atoms with Gasteiger partial charge in [0.05, 0.1) is 11.9 Å². The maximum Gasteiger partial charge on any atom is 0.197 e. The van der Waals surface area contributed by atoms with Gasteiger partial charge in [0.2, 0.25) is 0 Å². The van der Waals surface area contributed by atoms with Gasteiger partial charge >= 0.3 is 0 Å². The highest BCUT2D eigenvalue weighted by Gasteiger charge is 2.11. The lowest BCUT2D eigenvalue weighted by Gasteiger charge is -2.12. The maximum absolute atomic E-state index is 4.13.